The van der Waals surface area contributed by atoms with Crippen LogP contribution in [-0.2, 0) is 26.0 Å². The van der Waals surface area contributed by atoms with Crippen LogP contribution in [0.5, 0.6) is 0 Å². The van der Waals surface area contributed by atoms with Crippen molar-refractivity contribution in [1.29, 1.82) is 0 Å². The van der Waals surface area contributed by atoms with Crippen molar-refractivity contribution in [1.82, 2.24) is 10.2 Å². The fourth-order valence-electron chi connectivity index (χ4n) is 3.47. The van der Waals surface area contributed by atoms with Crippen LogP contribution in [0.4, 0.5) is 17.2 Å². The highest BCUT2D eigenvalue weighted by atomic mass is 35.5. The molecule has 2 heterocycles. The van der Waals surface area contributed by atoms with E-state index in [1.54, 1.807) is 12.1 Å². The maximum Gasteiger partial charge on any atom is 0.283 e. The van der Waals surface area contributed by atoms with Crippen LogP contribution in [0.2, 0.25) is 5.15 Å². The Morgan fingerprint density at radius 1 is 0.889 bits per heavy atom. The molecule has 2 N–H and O–H groups in total. The summed E-state index contributed by atoms with van der Waals surface area (Å²) >= 11 is 11.9. The number of nitrogens with zero attached hydrogens (tertiary/aromatic N) is 3. The first-order chi connectivity index (χ1) is 17.2. The minimum absolute atomic E-state index is 0.00657. The molecule has 1 aliphatic rings. The first-order valence-electron chi connectivity index (χ1n) is 11.0. The van der Waals surface area contributed by atoms with Crippen LogP contribution in [0.3, 0.4) is 0 Å². The van der Waals surface area contributed by atoms with E-state index >= 15 is 0 Å². The second kappa shape index (κ2) is 10.7. The highest BCUT2D eigenvalue weighted by molar-refractivity contribution is 7.92. The Hall–Kier alpha value is -3.47. The molecule has 0 saturated heterocycles. The van der Waals surface area contributed by atoms with Crippen molar-refractivity contribution < 1.29 is 18.0 Å². The highest BCUT2D eigenvalue weighted by Crippen LogP contribution is 2.30. The summed E-state index contributed by atoms with van der Waals surface area (Å²) in [6.45, 7) is 2.11. The van der Waals surface area contributed by atoms with E-state index in [4.69, 9.17) is 23.2 Å². The second-order valence-electron chi connectivity index (χ2n) is 7.90. The van der Waals surface area contributed by atoms with Crippen molar-refractivity contribution in [3.8, 4) is 0 Å². The summed E-state index contributed by atoms with van der Waals surface area (Å²) in [6.07, 6.45) is 3.03. The molecule has 0 fully saturated rings. The number of aromatic nitrogens is 2. The molecular formula is C24H21Cl2N5O4S. The van der Waals surface area contributed by atoms with Gasteiger partial charge in [-0.25, -0.2) is 13.3 Å². The van der Waals surface area contributed by atoms with E-state index in [9.17, 15) is 18.0 Å². The molecule has 1 aromatic heterocycles. The number of hydrogen-bond donors (Lipinski definition) is 2. The van der Waals surface area contributed by atoms with Crippen LogP contribution in [0.15, 0.2) is 76.3 Å². The summed E-state index contributed by atoms with van der Waals surface area (Å²) < 4.78 is 27.5. The van der Waals surface area contributed by atoms with Gasteiger partial charge >= 0.3 is 0 Å². The number of aryl methyl sites for hydroxylation is 1. The number of benzene rings is 2. The lowest BCUT2D eigenvalue weighted by Crippen LogP contribution is -2.32. The molecular weight excluding hydrogens is 525 g/mol. The van der Waals surface area contributed by atoms with Crippen LogP contribution in [0, 0.1) is 0 Å². The molecule has 3 aromatic rings. The number of anilines is 3. The quantitative estimate of drug-likeness (QED) is 0.373. The predicted octanol–water partition coefficient (Wildman–Crippen LogP) is 4.71. The largest absolute Gasteiger partial charge is 0.350 e. The van der Waals surface area contributed by atoms with Crippen molar-refractivity contribution in [2.24, 2.45) is 0 Å². The van der Waals surface area contributed by atoms with E-state index in [1.165, 1.54) is 36.4 Å². The minimum atomic E-state index is -3.95. The Morgan fingerprint density at radius 3 is 2.19 bits per heavy atom. The number of imide groups is 1. The molecule has 2 aromatic carbocycles. The minimum Gasteiger partial charge on any atom is -0.350 e. The molecule has 36 heavy (non-hydrogen) atoms. The Morgan fingerprint density at radius 2 is 1.58 bits per heavy atom. The molecule has 9 nitrogen and oxygen atoms in total. The van der Waals surface area contributed by atoms with Gasteiger partial charge in [-0.15, -0.1) is 10.2 Å². The normalized spacial score (nSPS) is 13.9. The van der Waals surface area contributed by atoms with Crippen molar-refractivity contribution in [2.45, 2.75) is 31.1 Å². The lowest BCUT2D eigenvalue weighted by molar-refractivity contribution is -0.120. The van der Waals surface area contributed by atoms with Gasteiger partial charge in [-0.2, -0.15) is 0 Å². The fourth-order valence-corrected chi connectivity index (χ4v) is 4.78. The number of amides is 2. The summed E-state index contributed by atoms with van der Waals surface area (Å²) in [5.41, 5.74) is 1.80. The zero-order valence-corrected chi connectivity index (χ0v) is 21.4. The van der Waals surface area contributed by atoms with Gasteiger partial charge in [0.2, 0.25) is 0 Å². The van der Waals surface area contributed by atoms with Crippen LogP contribution in [-0.4, -0.2) is 30.4 Å². The molecule has 2 amide bonds. The molecule has 0 radical (unpaired) electrons. The number of sulfonamides is 1. The van der Waals surface area contributed by atoms with E-state index in [-0.39, 0.29) is 26.6 Å². The molecule has 0 unspecified atom stereocenters. The Labute approximate surface area is 218 Å². The third kappa shape index (κ3) is 5.51. The number of hydrogen-bond acceptors (Lipinski definition) is 7. The molecule has 0 atom stereocenters. The number of carbonyl (C=O) groups excluding carboxylic acids is 2. The second-order valence-corrected chi connectivity index (χ2v) is 10.3. The van der Waals surface area contributed by atoms with Gasteiger partial charge in [0, 0.05) is 5.69 Å². The number of carbonyl (C=O) groups is 2. The molecule has 0 spiro atoms. The van der Waals surface area contributed by atoms with Crippen molar-refractivity contribution in [3.63, 3.8) is 0 Å². The van der Waals surface area contributed by atoms with E-state index in [2.05, 4.69) is 27.2 Å². The molecule has 12 heteroatoms. The van der Waals surface area contributed by atoms with Gasteiger partial charge in [-0.1, -0.05) is 48.7 Å². The maximum atomic E-state index is 13.0. The summed E-state index contributed by atoms with van der Waals surface area (Å²) in [4.78, 5) is 26.7. The standard InChI is InChI=1S/C24H21Cl2N5O4S/c1-2-3-4-15-5-9-17(10-6-15)31-23(32)21(26)22(24(31)33)27-16-7-11-18(12-8-16)36(34,35)30-20-14-13-19(25)28-29-20/h5-14,27H,2-4H2,1H3,(H,29,30). The van der Waals surface area contributed by atoms with Gasteiger partial charge in [-0.05, 0) is 66.9 Å². The number of rotatable bonds is 9. The van der Waals surface area contributed by atoms with E-state index < -0.39 is 21.8 Å². The molecule has 4 rings (SSSR count). The maximum absolute atomic E-state index is 13.0. The average molecular weight is 546 g/mol. The van der Waals surface area contributed by atoms with Crippen LogP contribution >= 0.6 is 23.2 Å². The lowest BCUT2D eigenvalue weighted by atomic mass is 10.1. The van der Waals surface area contributed by atoms with Gasteiger partial charge in [-0.3, -0.25) is 14.3 Å². The smallest absolute Gasteiger partial charge is 0.283 e. The first kappa shape index (κ1) is 25.6. The van der Waals surface area contributed by atoms with Crippen molar-refractivity contribution in [2.75, 3.05) is 14.9 Å². The average Bonchev–Trinajstić information content (AvgIpc) is 3.08. The summed E-state index contributed by atoms with van der Waals surface area (Å²) in [5, 5.41) is 9.96. The van der Waals surface area contributed by atoms with Crippen LogP contribution < -0.4 is 14.9 Å². The Balaban J connectivity index is 1.47. The zero-order chi connectivity index (χ0) is 25.9. The topological polar surface area (TPSA) is 121 Å². The molecule has 1 aliphatic heterocycles. The lowest BCUT2D eigenvalue weighted by Gasteiger charge is -2.16. The summed E-state index contributed by atoms with van der Waals surface area (Å²) in [7, 11) is -3.95. The van der Waals surface area contributed by atoms with Gasteiger partial charge < -0.3 is 5.32 Å². The molecule has 186 valence electrons. The molecule has 0 aliphatic carbocycles. The van der Waals surface area contributed by atoms with Gasteiger partial charge in [0.25, 0.3) is 21.8 Å². The van der Waals surface area contributed by atoms with Gasteiger partial charge in [0.1, 0.15) is 10.7 Å². The van der Waals surface area contributed by atoms with Crippen molar-refractivity contribution in [3.05, 3.63) is 82.1 Å². The Bertz CT molecular complexity index is 1420. The Kier molecular flexibility index (Phi) is 7.58. The number of halogens is 2. The third-order valence-electron chi connectivity index (χ3n) is 5.35. The highest BCUT2D eigenvalue weighted by Gasteiger charge is 2.39. The van der Waals surface area contributed by atoms with Gasteiger partial charge in [0.05, 0.1) is 10.6 Å². The van der Waals surface area contributed by atoms with Crippen molar-refractivity contribution >= 4 is 62.2 Å². The van der Waals surface area contributed by atoms with E-state index in [0.717, 1.165) is 29.7 Å². The first-order valence-corrected chi connectivity index (χ1v) is 13.2. The van der Waals surface area contributed by atoms with Crippen LogP contribution in [0.1, 0.15) is 25.3 Å². The SMILES string of the molecule is CCCCc1ccc(N2C(=O)C(Cl)=C(Nc3ccc(S(=O)(=O)Nc4ccc(Cl)nn4)cc3)C2=O)cc1. The fraction of sp³-hybridized carbons (Fsp3) is 0.167. The monoisotopic (exact) mass is 545 g/mol. The molecule has 0 bridgehead atoms. The summed E-state index contributed by atoms with van der Waals surface area (Å²) in [5.74, 6) is -1.24. The van der Waals surface area contributed by atoms with Gasteiger partial charge in [0.15, 0.2) is 11.0 Å². The molecule has 0 saturated carbocycles. The van der Waals surface area contributed by atoms with E-state index in [0.29, 0.717) is 11.4 Å². The van der Waals surface area contributed by atoms with E-state index in [1.807, 2.05) is 12.1 Å². The zero-order valence-electron chi connectivity index (χ0n) is 19.0. The third-order valence-corrected chi connectivity index (χ3v) is 7.27. The predicted molar refractivity (Wildman–Crippen MR) is 138 cm³/mol. The van der Waals surface area contributed by atoms with Crippen LogP contribution in [0.25, 0.3) is 0 Å². The number of nitrogens with one attached hydrogen (secondary N) is 2. The number of unbranched alkanes of at least 4 members (excludes halogenated alkanes) is 1. The summed E-state index contributed by atoms with van der Waals surface area (Å²) in [6, 6.07) is 15.5.